The standard InChI is InChI=1S/C31H38ClN3O6S/c1-22(2)19-33-31(37)28(17-23-10-7-6-8-11-23)34(20-24-12-9-13-25(32)16-24)30(36)21-35(42(5,38)39)27-15-14-26(40-3)18-29(27)41-4/h6-16,18,22,28H,17,19-21H2,1-5H3,(H,33,37). The van der Waals surface area contributed by atoms with Crippen LogP contribution in [0.3, 0.4) is 0 Å². The van der Waals surface area contributed by atoms with E-state index in [0.29, 0.717) is 22.9 Å². The molecule has 0 bridgehead atoms. The fourth-order valence-electron chi connectivity index (χ4n) is 4.39. The first-order valence-electron chi connectivity index (χ1n) is 13.5. The summed E-state index contributed by atoms with van der Waals surface area (Å²) in [5, 5.41) is 3.43. The number of methoxy groups -OCH3 is 2. The van der Waals surface area contributed by atoms with Gasteiger partial charge in [0.25, 0.3) is 0 Å². The van der Waals surface area contributed by atoms with Crippen molar-refractivity contribution < 1.29 is 27.5 Å². The molecule has 3 rings (SSSR count). The predicted molar refractivity (Wildman–Crippen MR) is 166 cm³/mol. The fraction of sp³-hybridized carbons (Fsp3) is 0.355. The molecule has 0 heterocycles. The number of halogens is 1. The van der Waals surface area contributed by atoms with Crippen LogP contribution in [0, 0.1) is 5.92 Å². The van der Waals surface area contributed by atoms with Crippen LogP contribution in [0.5, 0.6) is 11.5 Å². The van der Waals surface area contributed by atoms with Crippen LogP contribution in [0.15, 0.2) is 72.8 Å². The van der Waals surface area contributed by atoms with Crippen molar-refractivity contribution >= 4 is 39.1 Å². The average Bonchev–Trinajstić information content (AvgIpc) is 2.96. The molecule has 0 aromatic heterocycles. The van der Waals surface area contributed by atoms with Crippen LogP contribution in [0.25, 0.3) is 0 Å². The van der Waals surface area contributed by atoms with Crippen LogP contribution in [0.1, 0.15) is 25.0 Å². The molecule has 226 valence electrons. The molecule has 0 radical (unpaired) electrons. The molecule has 3 aromatic rings. The second kappa shape index (κ2) is 14.9. The van der Waals surface area contributed by atoms with E-state index in [-0.39, 0.29) is 36.2 Å². The van der Waals surface area contributed by atoms with E-state index in [0.717, 1.165) is 16.1 Å². The van der Waals surface area contributed by atoms with Crippen molar-refractivity contribution in [2.24, 2.45) is 5.92 Å². The minimum absolute atomic E-state index is 0.0311. The molecular formula is C31H38ClN3O6S. The highest BCUT2D eigenvalue weighted by Crippen LogP contribution is 2.34. The minimum Gasteiger partial charge on any atom is -0.497 e. The third-order valence-corrected chi connectivity index (χ3v) is 7.89. The summed E-state index contributed by atoms with van der Waals surface area (Å²) < 4.78 is 37.8. The summed E-state index contributed by atoms with van der Waals surface area (Å²) in [6, 6.07) is 20.1. The SMILES string of the molecule is COc1ccc(N(CC(=O)N(Cc2cccc(Cl)c2)C(Cc2ccccc2)C(=O)NCC(C)C)S(C)(=O)=O)c(OC)c1. The normalized spacial score (nSPS) is 12.0. The summed E-state index contributed by atoms with van der Waals surface area (Å²) in [5.74, 6) is -0.0476. The van der Waals surface area contributed by atoms with E-state index in [2.05, 4.69) is 5.32 Å². The zero-order valence-corrected chi connectivity index (χ0v) is 26.1. The van der Waals surface area contributed by atoms with Gasteiger partial charge < -0.3 is 19.7 Å². The summed E-state index contributed by atoms with van der Waals surface area (Å²) in [7, 11) is -1.07. The maximum atomic E-state index is 14.2. The van der Waals surface area contributed by atoms with E-state index in [1.807, 2.05) is 44.2 Å². The van der Waals surface area contributed by atoms with Gasteiger partial charge in [0.1, 0.15) is 24.1 Å². The number of anilines is 1. The molecule has 42 heavy (non-hydrogen) atoms. The maximum Gasteiger partial charge on any atom is 0.244 e. The predicted octanol–water partition coefficient (Wildman–Crippen LogP) is 4.54. The van der Waals surface area contributed by atoms with E-state index in [1.165, 1.54) is 25.2 Å². The molecule has 1 unspecified atom stereocenters. The van der Waals surface area contributed by atoms with Gasteiger partial charge in [-0.25, -0.2) is 8.42 Å². The van der Waals surface area contributed by atoms with Crippen molar-refractivity contribution in [3.8, 4) is 11.5 Å². The van der Waals surface area contributed by atoms with E-state index in [9.17, 15) is 18.0 Å². The number of sulfonamides is 1. The van der Waals surface area contributed by atoms with Crippen molar-refractivity contribution in [2.75, 3.05) is 37.9 Å². The Morgan fingerprint density at radius 3 is 2.21 bits per heavy atom. The zero-order valence-electron chi connectivity index (χ0n) is 24.5. The third-order valence-electron chi connectivity index (χ3n) is 6.53. The van der Waals surface area contributed by atoms with Gasteiger partial charge in [-0.05, 0) is 41.3 Å². The zero-order chi connectivity index (χ0) is 30.9. The molecule has 11 heteroatoms. The molecule has 9 nitrogen and oxygen atoms in total. The van der Waals surface area contributed by atoms with Gasteiger partial charge in [-0.15, -0.1) is 0 Å². The van der Waals surface area contributed by atoms with Gasteiger partial charge in [0.05, 0.1) is 26.2 Å². The maximum absolute atomic E-state index is 14.2. The Hall–Kier alpha value is -3.76. The number of hydrogen-bond donors (Lipinski definition) is 1. The number of nitrogens with zero attached hydrogens (tertiary/aromatic N) is 2. The number of carbonyl (C=O) groups is 2. The molecule has 0 aliphatic carbocycles. The summed E-state index contributed by atoms with van der Waals surface area (Å²) in [6.07, 6.45) is 1.24. The first-order valence-corrected chi connectivity index (χ1v) is 15.7. The number of amides is 2. The molecule has 0 aliphatic heterocycles. The van der Waals surface area contributed by atoms with Gasteiger partial charge in [0, 0.05) is 30.6 Å². The topological polar surface area (TPSA) is 105 Å². The highest BCUT2D eigenvalue weighted by atomic mass is 35.5. The number of rotatable bonds is 14. The Labute approximate surface area is 253 Å². The van der Waals surface area contributed by atoms with Crippen LogP contribution in [-0.4, -0.2) is 64.7 Å². The highest BCUT2D eigenvalue weighted by Gasteiger charge is 2.34. The van der Waals surface area contributed by atoms with Crippen LogP contribution in [0.2, 0.25) is 5.02 Å². The van der Waals surface area contributed by atoms with E-state index in [1.54, 1.807) is 36.4 Å². The average molecular weight is 616 g/mol. The van der Waals surface area contributed by atoms with Crippen LogP contribution in [-0.2, 0) is 32.6 Å². The molecule has 2 amide bonds. The summed E-state index contributed by atoms with van der Waals surface area (Å²) in [6.45, 7) is 3.84. The summed E-state index contributed by atoms with van der Waals surface area (Å²) >= 11 is 6.25. The highest BCUT2D eigenvalue weighted by molar-refractivity contribution is 7.92. The molecule has 0 fully saturated rings. The second-order valence-electron chi connectivity index (χ2n) is 10.3. The quantitative estimate of drug-likeness (QED) is 0.286. The van der Waals surface area contributed by atoms with Crippen LogP contribution < -0.4 is 19.1 Å². The lowest BCUT2D eigenvalue weighted by atomic mass is 10.0. The van der Waals surface area contributed by atoms with Gasteiger partial charge in [0.2, 0.25) is 21.8 Å². The molecule has 1 atom stereocenters. The van der Waals surface area contributed by atoms with E-state index in [4.69, 9.17) is 21.1 Å². The third kappa shape index (κ3) is 9.12. The van der Waals surface area contributed by atoms with Crippen LogP contribution >= 0.6 is 11.6 Å². The molecule has 0 saturated heterocycles. The van der Waals surface area contributed by atoms with Crippen molar-refractivity contribution in [2.45, 2.75) is 32.9 Å². The van der Waals surface area contributed by atoms with E-state index >= 15 is 0 Å². The fourth-order valence-corrected chi connectivity index (χ4v) is 5.46. The summed E-state index contributed by atoms with van der Waals surface area (Å²) in [5.41, 5.74) is 1.71. The van der Waals surface area contributed by atoms with Crippen LogP contribution in [0.4, 0.5) is 5.69 Å². The first-order chi connectivity index (χ1) is 19.9. The van der Waals surface area contributed by atoms with Gasteiger partial charge >= 0.3 is 0 Å². The van der Waals surface area contributed by atoms with E-state index < -0.39 is 28.5 Å². The first kappa shape index (κ1) is 32.8. The molecule has 0 aliphatic rings. The van der Waals surface area contributed by atoms with Gasteiger partial charge in [-0.2, -0.15) is 0 Å². The number of carbonyl (C=O) groups excluding carboxylic acids is 2. The van der Waals surface area contributed by atoms with Crippen molar-refractivity contribution in [1.29, 1.82) is 0 Å². The minimum atomic E-state index is -3.96. The molecular weight excluding hydrogens is 578 g/mol. The number of hydrogen-bond acceptors (Lipinski definition) is 6. The lowest BCUT2D eigenvalue weighted by molar-refractivity contribution is -0.140. The summed E-state index contributed by atoms with van der Waals surface area (Å²) in [4.78, 5) is 29.3. The molecule has 0 saturated carbocycles. The Balaban J connectivity index is 2.09. The van der Waals surface area contributed by atoms with Gasteiger partial charge in [-0.1, -0.05) is 67.9 Å². The number of benzene rings is 3. The van der Waals surface area contributed by atoms with Gasteiger partial charge in [0.15, 0.2) is 0 Å². The Morgan fingerprint density at radius 2 is 1.62 bits per heavy atom. The smallest absolute Gasteiger partial charge is 0.244 e. The lowest BCUT2D eigenvalue weighted by Gasteiger charge is -2.34. The monoisotopic (exact) mass is 615 g/mol. The Bertz CT molecular complexity index is 1470. The number of ether oxygens (including phenoxy) is 2. The van der Waals surface area contributed by atoms with Crippen molar-refractivity contribution in [3.63, 3.8) is 0 Å². The largest absolute Gasteiger partial charge is 0.497 e. The Kier molecular flexibility index (Phi) is 11.6. The van der Waals surface area contributed by atoms with Crippen molar-refractivity contribution in [1.82, 2.24) is 10.2 Å². The van der Waals surface area contributed by atoms with Gasteiger partial charge in [-0.3, -0.25) is 13.9 Å². The Morgan fingerprint density at radius 1 is 0.929 bits per heavy atom. The second-order valence-corrected chi connectivity index (χ2v) is 12.6. The van der Waals surface area contributed by atoms with Crippen molar-refractivity contribution in [3.05, 3.63) is 88.9 Å². The molecule has 0 spiro atoms. The number of nitrogens with one attached hydrogen (secondary N) is 1. The lowest BCUT2D eigenvalue weighted by Crippen LogP contribution is -2.53. The molecule has 3 aromatic carbocycles. The molecule has 1 N–H and O–H groups in total.